The van der Waals surface area contributed by atoms with Gasteiger partial charge in [0.05, 0.1) is 12.5 Å². The van der Waals surface area contributed by atoms with Crippen molar-refractivity contribution in [1.82, 2.24) is 10.2 Å². The lowest BCUT2D eigenvalue weighted by Crippen LogP contribution is -2.44. The van der Waals surface area contributed by atoms with Crippen LogP contribution in [0.2, 0.25) is 0 Å². The van der Waals surface area contributed by atoms with Gasteiger partial charge in [0.1, 0.15) is 5.78 Å². The van der Waals surface area contributed by atoms with Crippen molar-refractivity contribution in [2.45, 2.75) is 25.7 Å². The Morgan fingerprint density at radius 2 is 2.00 bits per heavy atom. The summed E-state index contributed by atoms with van der Waals surface area (Å²) in [4.78, 5) is 25.3. The molecule has 1 aliphatic carbocycles. The van der Waals surface area contributed by atoms with E-state index in [1.165, 1.54) is 0 Å². The Hall–Kier alpha value is -0.900. The minimum atomic E-state index is 0.0748. The minimum Gasteiger partial charge on any atom is -0.359 e. The first-order chi connectivity index (χ1) is 7.70. The van der Waals surface area contributed by atoms with Crippen LogP contribution in [-0.2, 0) is 9.59 Å². The lowest BCUT2D eigenvalue weighted by molar-refractivity contribution is -0.128. The van der Waals surface area contributed by atoms with Crippen molar-refractivity contribution in [3.63, 3.8) is 0 Å². The van der Waals surface area contributed by atoms with Crippen LogP contribution in [0.1, 0.15) is 25.7 Å². The number of ketones is 1. The van der Waals surface area contributed by atoms with E-state index < -0.39 is 0 Å². The van der Waals surface area contributed by atoms with E-state index in [2.05, 4.69) is 10.2 Å². The maximum atomic E-state index is 11.7. The number of piperidine rings is 1. The fraction of sp³-hybridized carbons (Fsp3) is 0.833. The van der Waals surface area contributed by atoms with Crippen LogP contribution in [0.4, 0.5) is 0 Å². The molecule has 1 N–H and O–H groups in total. The number of hydrogen-bond donors (Lipinski definition) is 1. The summed E-state index contributed by atoms with van der Waals surface area (Å²) in [7, 11) is 1.68. The van der Waals surface area contributed by atoms with E-state index in [1.807, 2.05) is 0 Å². The topological polar surface area (TPSA) is 49.4 Å². The molecule has 0 aromatic heterocycles. The highest BCUT2D eigenvalue weighted by atomic mass is 16.2. The molecular weight excluding hydrogens is 204 g/mol. The highest BCUT2D eigenvalue weighted by Crippen LogP contribution is 2.30. The van der Waals surface area contributed by atoms with Crippen molar-refractivity contribution in [2.24, 2.45) is 11.8 Å². The largest absolute Gasteiger partial charge is 0.359 e. The Morgan fingerprint density at radius 1 is 1.25 bits per heavy atom. The highest BCUT2D eigenvalue weighted by molar-refractivity contribution is 5.85. The molecule has 1 saturated carbocycles. The number of nitrogens with one attached hydrogen (secondary N) is 1. The number of amides is 1. The molecule has 4 nitrogen and oxygen atoms in total. The molecule has 1 unspecified atom stereocenters. The molecule has 1 atom stereocenters. The monoisotopic (exact) mass is 224 g/mol. The molecule has 2 fully saturated rings. The summed E-state index contributed by atoms with van der Waals surface area (Å²) in [5, 5.41) is 2.69. The Kier molecular flexibility index (Phi) is 3.59. The number of likely N-dealkylation sites (tertiary alicyclic amines) is 1. The van der Waals surface area contributed by atoms with Crippen LogP contribution in [0.3, 0.4) is 0 Å². The molecule has 16 heavy (non-hydrogen) atoms. The van der Waals surface area contributed by atoms with Gasteiger partial charge in [-0.3, -0.25) is 14.5 Å². The molecule has 0 bridgehead atoms. The predicted octanol–water partition coefficient (Wildman–Crippen LogP) is 0.423. The summed E-state index contributed by atoms with van der Waals surface area (Å²) in [6.45, 7) is 2.27. The number of rotatable bonds is 4. The van der Waals surface area contributed by atoms with Crippen LogP contribution in [-0.4, -0.2) is 43.3 Å². The summed E-state index contributed by atoms with van der Waals surface area (Å²) >= 11 is 0. The second-order valence-electron chi connectivity index (χ2n) is 4.93. The molecule has 4 heteroatoms. The maximum absolute atomic E-state index is 11.7. The van der Waals surface area contributed by atoms with Gasteiger partial charge in [-0.2, -0.15) is 0 Å². The minimum absolute atomic E-state index is 0.0748. The number of Topliss-reactive ketones (excluding diaryl/α,β-unsaturated/α-hetero) is 1. The molecule has 1 amide bonds. The fourth-order valence-electron chi connectivity index (χ4n) is 2.37. The number of nitrogens with zero attached hydrogens (tertiary/aromatic N) is 1. The van der Waals surface area contributed by atoms with Crippen LogP contribution < -0.4 is 5.32 Å². The average Bonchev–Trinajstić information content (AvgIpc) is 3.12. The number of hydrogen-bond acceptors (Lipinski definition) is 3. The smallest absolute Gasteiger partial charge is 0.224 e. The molecule has 2 aliphatic rings. The van der Waals surface area contributed by atoms with Crippen LogP contribution in [0.15, 0.2) is 0 Å². The van der Waals surface area contributed by atoms with E-state index in [4.69, 9.17) is 0 Å². The van der Waals surface area contributed by atoms with Gasteiger partial charge in [0.2, 0.25) is 5.91 Å². The first-order valence-corrected chi connectivity index (χ1v) is 6.17. The third-order valence-electron chi connectivity index (χ3n) is 3.53. The molecular formula is C12H20N2O2. The fourth-order valence-corrected chi connectivity index (χ4v) is 2.37. The van der Waals surface area contributed by atoms with Crippen LogP contribution in [0, 0.1) is 11.8 Å². The molecule has 1 saturated heterocycles. The lowest BCUT2D eigenvalue weighted by Gasteiger charge is -2.31. The standard InChI is InChI=1S/C12H20N2O2/c1-13-12(16)10-3-2-6-14(7-10)8-11(15)9-4-5-9/h9-10H,2-8H2,1H3,(H,13,16). The normalized spacial score (nSPS) is 26.4. The first kappa shape index (κ1) is 11.6. The van der Waals surface area contributed by atoms with E-state index in [-0.39, 0.29) is 11.8 Å². The summed E-state index contributed by atoms with van der Waals surface area (Å²) in [5.74, 6) is 0.896. The predicted molar refractivity (Wildman–Crippen MR) is 61.0 cm³/mol. The molecule has 90 valence electrons. The molecule has 0 radical (unpaired) electrons. The van der Waals surface area contributed by atoms with Crippen molar-refractivity contribution in [3.8, 4) is 0 Å². The van der Waals surface area contributed by atoms with E-state index in [0.717, 1.165) is 38.8 Å². The van der Waals surface area contributed by atoms with Gasteiger partial charge in [0.25, 0.3) is 0 Å². The van der Waals surface area contributed by atoms with Crippen LogP contribution in [0.25, 0.3) is 0 Å². The van der Waals surface area contributed by atoms with Crippen molar-refractivity contribution < 1.29 is 9.59 Å². The van der Waals surface area contributed by atoms with Crippen LogP contribution in [0.5, 0.6) is 0 Å². The van der Waals surface area contributed by atoms with Gasteiger partial charge in [0, 0.05) is 19.5 Å². The molecule has 0 spiro atoms. The van der Waals surface area contributed by atoms with E-state index in [1.54, 1.807) is 7.05 Å². The molecule has 1 heterocycles. The Bertz CT molecular complexity index is 287. The summed E-state index contributed by atoms with van der Waals surface area (Å²) in [6.07, 6.45) is 4.13. The van der Waals surface area contributed by atoms with Gasteiger partial charge in [0.15, 0.2) is 0 Å². The Labute approximate surface area is 96.4 Å². The Balaban J connectivity index is 1.81. The quantitative estimate of drug-likeness (QED) is 0.753. The number of carbonyl (C=O) groups is 2. The first-order valence-electron chi connectivity index (χ1n) is 6.17. The lowest BCUT2D eigenvalue weighted by atomic mass is 9.97. The zero-order valence-corrected chi connectivity index (χ0v) is 9.87. The van der Waals surface area contributed by atoms with Crippen molar-refractivity contribution in [2.75, 3.05) is 26.7 Å². The van der Waals surface area contributed by atoms with Crippen molar-refractivity contribution >= 4 is 11.7 Å². The van der Waals surface area contributed by atoms with Gasteiger partial charge in [-0.1, -0.05) is 0 Å². The van der Waals surface area contributed by atoms with Gasteiger partial charge >= 0.3 is 0 Å². The van der Waals surface area contributed by atoms with Crippen molar-refractivity contribution in [3.05, 3.63) is 0 Å². The van der Waals surface area contributed by atoms with E-state index in [0.29, 0.717) is 18.2 Å². The molecule has 0 aromatic carbocycles. The maximum Gasteiger partial charge on any atom is 0.224 e. The summed E-state index contributed by atoms with van der Waals surface area (Å²) in [6, 6.07) is 0. The van der Waals surface area contributed by atoms with Gasteiger partial charge in [-0.15, -0.1) is 0 Å². The molecule has 2 rings (SSSR count). The van der Waals surface area contributed by atoms with Gasteiger partial charge in [-0.25, -0.2) is 0 Å². The van der Waals surface area contributed by atoms with Crippen molar-refractivity contribution in [1.29, 1.82) is 0 Å². The second-order valence-corrected chi connectivity index (χ2v) is 4.93. The SMILES string of the molecule is CNC(=O)C1CCCN(CC(=O)C2CC2)C1. The number of carbonyl (C=O) groups excluding carboxylic acids is 2. The average molecular weight is 224 g/mol. The molecule has 0 aromatic rings. The van der Waals surface area contributed by atoms with Crippen LogP contribution >= 0.6 is 0 Å². The zero-order chi connectivity index (χ0) is 11.5. The Morgan fingerprint density at radius 3 is 2.62 bits per heavy atom. The van der Waals surface area contributed by atoms with Gasteiger partial charge in [-0.05, 0) is 32.2 Å². The highest BCUT2D eigenvalue weighted by Gasteiger charge is 2.32. The zero-order valence-electron chi connectivity index (χ0n) is 9.87. The summed E-state index contributed by atoms with van der Waals surface area (Å²) in [5.41, 5.74) is 0. The second kappa shape index (κ2) is 4.95. The van der Waals surface area contributed by atoms with Gasteiger partial charge < -0.3 is 5.32 Å². The third-order valence-corrected chi connectivity index (χ3v) is 3.53. The third kappa shape index (κ3) is 2.82. The molecule has 1 aliphatic heterocycles. The van der Waals surface area contributed by atoms with E-state index in [9.17, 15) is 9.59 Å². The van der Waals surface area contributed by atoms with E-state index >= 15 is 0 Å². The summed E-state index contributed by atoms with van der Waals surface area (Å²) < 4.78 is 0.